The van der Waals surface area contributed by atoms with E-state index in [-0.39, 0.29) is 29.4 Å². The number of nitrogens with zero attached hydrogens (tertiary/aromatic N) is 8. The van der Waals surface area contributed by atoms with Crippen molar-refractivity contribution in [1.82, 2.24) is 39.0 Å². The van der Waals surface area contributed by atoms with Gasteiger partial charge in [-0.2, -0.15) is 0 Å². The molecule has 3 aliphatic rings. The third kappa shape index (κ3) is 13.0. The van der Waals surface area contributed by atoms with Gasteiger partial charge in [0.25, 0.3) is 46.9 Å². The molecule has 0 aliphatic carbocycles. The van der Waals surface area contributed by atoms with Crippen molar-refractivity contribution in [3.8, 4) is 0 Å². The number of phosphoric acid groups is 6. The molecule has 7 heterocycles. The van der Waals surface area contributed by atoms with Crippen LogP contribution in [0.25, 0.3) is 22.3 Å². The number of imidazole rings is 2. The normalized spacial score (nSPS) is 32.1. The summed E-state index contributed by atoms with van der Waals surface area (Å²) in [5.74, 6) is 0.216. The number of hydrogen-bond donors (Lipinski definition) is 8. The summed E-state index contributed by atoms with van der Waals surface area (Å²) >= 11 is 0. The third-order valence-electron chi connectivity index (χ3n) is 7.62. The molecule has 7 rings (SSSR count). The molecule has 0 spiro atoms. The number of nitrogens with two attached hydrogens (primary N) is 2. The van der Waals surface area contributed by atoms with Gasteiger partial charge in [0.05, 0.1) is 25.9 Å². The van der Waals surface area contributed by atoms with Crippen LogP contribution < -0.4 is 40.8 Å². The van der Waals surface area contributed by atoms with Crippen LogP contribution in [-0.2, 0) is 63.4 Å². The molecule has 8 unspecified atom stereocenters. The fourth-order valence-electron chi connectivity index (χ4n) is 5.35. The molecule has 10 N–H and O–H groups in total. The first-order valence-electron chi connectivity index (χ1n) is 15.7. The molecule has 0 amide bonds. The highest BCUT2D eigenvalue weighted by Gasteiger charge is 2.50. The predicted molar refractivity (Wildman–Crippen MR) is 178 cm³/mol. The van der Waals surface area contributed by atoms with E-state index in [1.54, 1.807) is 0 Å². The summed E-state index contributed by atoms with van der Waals surface area (Å²) in [5, 5.41) is 30.7. The molecule has 3 aliphatic heterocycles. The minimum Gasteiger partial charge on any atom is -0.756 e. The van der Waals surface area contributed by atoms with Crippen molar-refractivity contribution in [3.05, 3.63) is 25.3 Å². The second-order valence-corrected chi connectivity index (χ2v) is 20.1. The zero-order valence-corrected chi connectivity index (χ0v) is 35.0. The van der Waals surface area contributed by atoms with Gasteiger partial charge in [0.1, 0.15) is 60.3 Å². The van der Waals surface area contributed by atoms with Crippen molar-refractivity contribution in [2.24, 2.45) is 0 Å². The number of ether oxygens (including phenoxy) is 2. The molecule has 3 saturated heterocycles. The van der Waals surface area contributed by atoms with Crippen LogP contribution in [0.5, 0.6) is 0 Å². The molecule has 36 nitrogen and oxygen atoms in total. The molecule has 0 saturated carbocycles. The molecule has 3 fully saturated rings. The highest BCUT2D eigenvalue weighted by molar-refractivity contribution is 7.65. The van der Waals surface area contributed by atoms with Crippen LogP contribution >= 0.6 is 46.9 Å². The third-order valence-corrected chi connectivity index (χ3v) is 13.9. The van der Waals surface area contributed by atoms with E-state index in [1.165, 1.54) is 28.1 Å². The number of phosphoric ester groups is 2. The standard InChI is InChI=1S/C10H16N5O13P3.C10H12N5O6P.H4O7P2/c11-8-5-9(13-2-12-8)15(3-14-5)10-7(17)6(16)4(26-10)1-25-30(21,22)28-31(23,24)27-29(18,19)20;11-8-5-9(13-2-12-8)15(3-14-5)10-6(16)7-4(20-10)1-19-22(17,18)21-7;1-8(2,3)7-9(4,5)6/h2-4,6-7,10,16-17H,1H2,(H,21,22)(H,23,24)(H2,11,12,13)(H2,18,19,20);2-4,6-7,10,16H,1H2,(H,17,18)(H2,11,12,13);(H2,1,2,3)(H2,4,5,6)/p-6/t4-,6+,7?,10-;4-,6?,7+,10-;/m11./s1. The van der Waals surface area contributed by atoms with Crippen molar-refractivity contribution in [2.45, 2.75) is 49.1 Å². The zero-order valence-electron chi connectivity index (χ0n) is 29.6. The fraction of sp³-hybridized carbons (Fsp3) is 0.500. The lowest BCUT2D eigenvalue weighted by atomic mass is 10.1. The molecular formula is C20H26N10O26P6-6. The van der Waals surface area contributed by atoms with Gasteiger partial charge in [-0.3, -0.25) is 36.5 Å². The Kier molecular flexibility index (Phi) is 15.1. The summed E-state index contributed by atoms with van der Waals surface area (Å²) in [7, 11) is -32.9. The molecule has 0 radical (unpaired) electrons. The summed E-state index contributed by atoms with van der Waals surface area (Å²) in [6, 6.07) is 0. The maximum absolute atomic E-state index is 11.6. The van der Waals surface area contributed by atoms with Crippen molar-refractivity contribution in [1.29, 1.82) is 0 Å². The maximum Gasteiger partial charge on any atom is 0.280 e. The van der Waals surface area contributed by atoms with Gasteiger partial charge in [0, 0.05) is 0 Å². The first-order valence-corrected chi connectivity index (χ1v) is 24.6. The molecule has 348 valence electrons. The van der Waals surface area contributed by atoms with Gasteiger partial charge in [0.2, 0.25) is 0 Å². The lowest BCUT2D eigenvalue weighted by molar-refractivity contribution is -0.251. The number of fused-ring (bicyclic) bond motifs is 3. The van der Waals surface area contributed by atoms with Crippen LogP contribution in [0.1, 0.15) is 12.5 Å². The summed E-state index contributed by atoms with van der Waals surface area (Å²) in [5.41, 5.74) is 12.4. The highest BCUT2D eigenvalue weighted by atomic mass is 31.3. The SMILES string of the molecule is Nc1ncnc2c1ncn2[C@@H]1O[C@@H]2COP(=O)([O-])O[C@@H]2C1O.Nc1ncnc2c1ncn2[C@@H]1O[C@H](COP(=O)([O-])OP(=O)([O-])OP(=O)([O-])O)[C@H](O)C1O.O=P([O-])(O)OP(=O)([O-])O. The molecule has 0 bridgehead atoms. The van der Waals surface area contributed by atoms with Crippen LogP contribution in [0.2, 0.25) is 0 Å². The van der Waals surface area contributed by atoms with Crippen molar-refractivity contribution in [2.75, 3.05) is 24.7 Å². The second kappa shape index (κ2) is 18.6. The Morgan fingerprint density at radius 3 is 1.66 bits per heavy atom. The number of aliphatic hydroxyl groups excluding tert-OH is 3. The van der Waals surface area contributed by atoms with E-state index in [9.17, 15) is 72.1 Å². The lowest BCUT2D eigenvalue weighted by Crippen LogP contribution is -2.41. The van der Waals surface area contributed by atoms with E-state index in [0.29, 0.717) is 11.2 Å². The number of aromatic nitrogens is 8. The van der Waals surface area contributed by atoms with Crippen LogP contribution in [0.4, 0.5) is 11.6 Å². The van der Waals surface area contributed by atoms with Crippen LogP contribution in [0, 0.1) is 0 Å². The Labute approximate surface area is 341 Å². The van der Waals surface area contributed by atoms with Gasteiger partial charge in [-0.15, -0.1) is 0 Å². The van der Waals surface area contributed by atoms with E-state index >= 15 is 0 Å². The first-order chi connectivity index (χ1) is 28.4. The zero-order chi connectivity index (χ0) is 46.4. The fourth-order valence-corrected chi connectivity index (χ4v) is 10.2. The molecule has 14 atom stereocenters. The van der Waals surface area contributed by atoms with E-state index in [2.05, 4.69) is 51.9 Å². The van der Waals surface area contributed by atoms with Crippen LogP contribution in [-0.4, -0.2) is 119 Å². The average Bonchev–Trinajstić information content (AvgIpc) is 3.86. The van der Waals surface area contributed by atoms with Crippen molar-refractivity contribution >= 4 is 80.9 Å². The molecule has 42 heteroatoms. The largest absolute Gasteiger partial charge is 0.756 e. The number of aliphatic hydroxyl groups is 3. The average molecular weight is 1010 g/mol. The lowest BCUT2D eigenvalue weighted by Gasteiger charge is -2.34. The Hall–Kier alpha value is -2.72. The van der Waals surface area contributed by atoms with Gasteiger partial charge in [0.15, 0.2) is 35.4 Å². The monoisotopic (exact) mass is 1010 g/mol. The number of hydrogen-bond acceptors (Lipinski definition) is 31. The van der Waals surface area contributed by atoms with Crippen molar-refractivity contribution in [3.63, 3.8) is 0 Å². The van der Waals surface area contributed by atoms with E-state index in [1.807, 2.05) is 0 Å². The minimum atomic E-state index is -6.08. The van der Waals surface area contributed by atoms with E-state index < -0.39 is 103 Å². The molecule has 4 aromatic rings. The van der Waals surface area contributed by atoms with Crippen LogP contribution in [0.15, 0.2) is 25.3 Å². The Morgan fingerprint density at radius 1 is 0.710 bits per heavy atom. The molecular weight excluding hydrogens is 982 g/mol. The van der Waals surface area contributed by atoms with Gasteiger partial charge in [-0.05, 0) is 0 Å². The Balaban J connectivity index is 0.000000202. The summed E-state index contributed by atoms with van der Waals surface area (Å²) < 4.78 is 100. The summed E-state index contributed by atoms with van der Waals surface area (Å²) in [6.07, 6.45) is -5.21. The summed E-state index contributed by atoms with van der Waals surface area (Å²) in [4.78, 5) is 111. The minimum absolute atomic E-state index is 0.0240. The molecule has 4 aromatic heterocycles. The number of rotatable bonds is 11. The van der Waals surface area contributed by atoms with Gasteiger partial charge in [-0.25, -0.2) is 42.8 Å². The maximum atomic E-state index is 11.6. The Morgan fingerprint density at radius 2 is 1.19 bits per heavy atom. The Bertz CT molecular complexity index is 2530. The molecule has 0 aromatic carbocycles. The number of nitrogen functional groups attached to an aromatic ring is 2. The number of anilines is 2. The summed E-state index contributed by atoms with van der Waals surface area (Å²) in [6.45, 7) is -1.28. The smallest absolute Gasteiger partial charge is 0.280 e. The topological polar surface area (TPSA) is 575 Å². The van der Waals surface area contributed by atoms with Gasteiger partial charge in [-0.1, -0.05) is 0 Å². The van der Waals surface area contributed by atoms with Gasteiger partial charge < -0.3 is 93.9 Å². The van der Waals surface area contributed by atoms with Crippen LogP contribution in [0.3, 0.4) is 0 Å². The second-order valence-electron chi connectivity index (χ2n) is 11.9. The predicted octanol–water partition coefficient (Wildman–Crippen LogP) is -7.05. The first kappa shape index (κ1) is 50.3. The van der Waals surface area contributed by atoms with Crippen molar-refractivity contribution < 1.29 is 123 Å². The highest BCUT2D eigenvalue weighted by Crippen LogP contribution is 2.61. The van der Waals surface area contributed by atoms with E-state index in [4.69, 9.17) is 40.1 Å². The van der Waals surface area contributed by atoms with E-state index in [0.717, 1.165) is 6.33 Å². The molecule has 62 heavy (non-hydrogen) atoms. The quantitative estimate of drug-likeness (QED) is 0.0647. The van der Waals surface area contributed by atoms with Gasteiger partial charge >= 0.3 is 0 Å².